The number of ether oxygens (including phenoxy) is 2. The third kappa shape index (κ3) is 10.3. The molecule has 2 N–H and O–H groups in total. The Balaban J connectivity index is 2.05. The lowest BCUT2D eigenvalue weighted by Gasteiger charge is -2.37. The van der Waals surface area contributed by atoms with E-state index in [9.17, 15) is 35.5 Å². The molecule has 0 radical (unpaired) electrons. The SMILES string of the molecule is CCCCC(C)(C)c1cc(OC(=O)CS(=O)(=O)O)c(C2CCC(C3CCCCC3)CC2)c(OC(=O)CS(=O)(=O)O)c1. The summed E-state index contributed by atoms with van der Waals surface area (Å²) >= 11 is 0. The molecule has 232 valence electrons. The first-order valence-electron chi connectivity index (χ1n) is 14.6. The molecule has 2 aliphatic rings. The lowest BCUT2D eigenvalue weighted by molar-refractivity contribution is -0.132. The fraction of sp³-hybridized carbons (Fsp3) is 0.724. The third-order valence-electron chi connectivity index (χ3n) is 8.59. The van der Waals surface area contributed by atoms with Gasteiger partial charge in [0.25, 0.3) is 20.2 Å². The van der Waals surface area contributed by atoms with Crippen molar-refractivity contribution in [2.45, 2.75) is 109 Å². The van der Waals surface area contributed by atoms with Gasteiger partial charge in [-0.1, -0.05) is 65.7 Å². The van der Waals surface area contributed by atoms with Gasteiger partial charge in [0.1, 0.15) is 11.5 Å². The Kier molecular flexibility index (Phi) is 11.4. The van der Waals surface area contributed by atoms with E-state index in [0.717, 1.165) is 32.1 Å². The van der Waals surface area contributed by atoms with Crippen LogP contribution in [0.3, 0.4) is 0 Å². The zero-order valence-corrected chi connectivity index (χ0v) is 25.9. The maximum atomic E-state index is 12.6. The van der Waals surface area contributed by atoms with Crippen molar-refractivity contribution in [3.05, 3.63) is 23.3 Å². The van der Waals surface area contributed by atoms with Crippen LogP contribution in [0.2, 0.25) is 0 Å². The number of unbranched alkanes of at least 4 members (excludes halogenated alkanes) is 1. The van der Waals surface area contributed by atoms with Crippen molar-refractivity contribution in [2.75, 3.05) is 11.5 Å². The molecule has 12 heteroatoms. The van der Waals surface area contributed by atoms with Gasteiger partial charge in [-0.3, -0.25) is 18.7 Å². The van der Waals surface area contributed by atoms with E-state index in [1.807, 2.05) is 20.8 Å². The third-order valence-corrected chi connectivity index (χ3v) is 9.79. The molecule has 0 bridgehead atoms. The van der Waals surface area contributed by atoms with Crippen molar-refractivity contribution in [1.82, 2.24) is 0 Å². The van der Waals surface area contributed by atoms with Crippen LogP contribution in [0.25, 0.3) is 0 Å². The maximum absolute atomic E-state index is 12.6. The van der Waals surface area contributed by atoms with Crippen LogP contribution < -0.4 is 9.47 Å². The van der Waals surface area contributed by atoms with Crippen molar-refractivity contribution in [3.8, 4) is 11.5 Å². The van der Waals surface area contributed by atoms with Crippen LogP contribution in [-0.2, 0) is 35.2 Å². The lowest BCUT2D eigenvalue weighted by atomic mass is 9.69. The van der Waals surface area contributed by atoms with Gasteiger partial charge in [-0.25, -0.2) is 0 Å². The zero-order chi connectivity index (χ0) is 30.4. The summed E-state index contributed by atoms with van der Waals surface area (Å²) in [6.07, 6.45) is 12.0. The minimum atomic E-state index is -4.66. The quantitative estimate of drug-likeness (QED) is 0.172. The number of hydrogen-bond donors (Lipinski definition) is 2. The summed E-state index contributed by atoms with van der Waals surface area (Å²) in [5.74, 6) is -3.80. The van der Waals surface area contributed by atoms with Gasteiger partial charge in [-0.05, 0) is 73.0 Å². The van der Waals surface area contributed by atoms with Crippen LogP contribution in [-0.4, -0.2) is 49.4 Å². The molecule has 0 amide bonds. The second-order valence-electron chi connectivity index (χ2n) is 12.3. The van der Waals surface area contributed by atoms with E-state index in [0.29, 0.717) is 35.8 Å². The van der Waals surface area contributed by atoms with Gasteiger partial charge in [0.05, 0.1) is 0 Å². The number of rotatable bonds is 12. The highest BCUT2D eigenvalue weighted by atomic mass is 32.2. The van der Waals surface area contributed by atoms with Gasteiger partial charge in [0, 0.05) is 5.56 Å². The average molecular weight is 617 g/mol. The highest BCUT2D eigenvalue weighted by molar-refractivity contribution is 7.86. The molecular weight excluding hydrogens is 572 g/mol. The minimum Gasteiger partial charge on any atom is -0.425 e. The molecule has 0 aromatic heterocycles. The molecule has 10 nitrogen and oxygen atoms in total. The standard InChI is InChI=1S/C29H44O10S2/c1-4-5-15-29(2,3)23-16-24(38-26(30)18-40(32,33)34)28(25(17-23)39-27(31)19-41(35,36)37)22-13-11-21(12-14-22)20-9-7-6-8-10-20/h16-17,20-22H,4-15,18-19H2,1-3H3,(H,32,33,34)(H,35,36,37). The van der Waals surface area contributed by atoms with Crippen molar-refractivity contribution in [1.29, 1.82) is 0 Å². The van der Waals surface area contributed by atoms with E-state index in [1.54, 1.807) is 12.1 Å². The second-order valence-corrected chi connectivity index (χ2v) is 15.2. The molecule has 0 aliphatic heterocycles. The van der Waals surface area contributed by atoms with E-state index in [-0.39, 0.29) is 17.4 Å². The van der Waals surface area contributed by atoms with Gasteiger partial charge in [0.2, 0.25) is 0 Å². The largest absolute Gasteiger partial charge is 0.425 e. The maximum Gasteiger partial charge on any atom is 0.329 e. The molecule has 41 heavy (non-hydrogen) atoms. The molecular formula is C29H44O10S2. The fourth-order valence-electron chi connectivity index (χ4n) is 6.41. The average Bonchev–Trinajstić information content (AvgIpc) is 2.86. The Labute approximate surface area is 244 Å². The lowest BCUT2D eigenvalue weighted by Crippen LogP contribution is -2.26. The number of carbonyl (C=O) groups excluding carboxylic acids is 2. The van der Waals surface area contributed by atoms with Crippen LogP contribution >= 0.6 is 0 Å². The van der Waals surface area contributed by atoms with Gasteiger partial charge in [-0.2, -0.15) is 16.8 Å². The summed E-state index contributed by atoms with van der Waals surface area (Å²) < 4.78 is 75.1. The van der Waals surface area contributed by atoms with Crippen LogP contribution in [0.4, 0.5) is 0 Å². The van der Waals surface area contributed by atoms with Gasteiger partial charge < -0.3 is 9.47 Å². The summed E-state index contributed by atoms with van der Waals surface area (Å²) in [5.41, 5.74) is 0.561. The number of benzene rings is 1. The Hall–Kier alpha value is -2.02. The summed E-state index contributed by atoms with van der Waals surface area (Å²) in [6.45, 7) is 6.00. The molecule has 0 heterocycles. The van der Waals surface area contributed by atoms with Gasteiger partial charge in [0.15, 0.2) is 11.5 Å². The molecule has 0 spiro atoms. The number of esters is 2. The molecule has 0 saturated heterocycles. The topological polar surface area (TPSA) is 161 Å². The summed E-state index contributed by atoms with van der Waals surface area (Å²) in [7, 11) is -9.31. The Bertz CT molecular complexity index is 1220. The predicted octanol–water partition coefficient (Wildman–Crippen LogP) is 5.59. The molecule has 1 aromatic rings. The molecule has 2 aliphatic carbocycles. The Morgan fingerprint density at radius 1 is 0.805 bits per heavy atom. The highest BCUT2D eigenvalue weighted by Crippen LogP contribution is 2.49. The summed E-state index contributed by atoms with van der Waals surface area (Å²) in [6, 6.07) is 3.31. The molecule has 2 saturated carbocycles. The molecule has 0 atom stereocenters. The van der Waals surface area contributed by atoms with Crippen molar-refractivity contribution < 1.29 is 45.0 Å². The second kappa shape index (κ2) is 14.0. The first-order valence-corrected chi connectivity index (χ1v) is 17.8. The highest BCUT2D eigenvalue weighted by Gasteiger charge is 2.35. The van der Waals surface area contributed by atoms with E-state index >= 15 is 0 Å². The predicted molar refractivity (Wildman–Crippen MR) is 154 cm³/mol. The van der Waals surface area contributed by atoms with Crippen LogP contribution in [0.15, 0.2) is 12.1 Å². The zero-order valence-electron chi connectivity index (χ0n) is 24.3. The summed E-state index contributed by atoms with van der Waals surface area (Å²) in [5, 5.41) is 0. The Morgan fingerprint density at radius 2 is 1.27 bits per heavy atom. The molecule has 0 unspecified atom stereocenters. The van der Waals surface area contributed by atoms with Gasteiger partial charge >= 0.3 is 11.9 Å². The first-order chi connectivity index (χ1) is 19.1. The van der Waals surface area contributed by atoms with E-state index in [4.69, 9.17) is 9.47 Å². The monoisotopic (exact) mass is 616 g/mol. The first kappa shape index (κ1) is 33.5. The summed E-state index contributed by atoms with van der Waals surface area (Å²) in [4.78, 5) is 25.2. The van der Waals surface area contributed by atoms with E-state index in [1.165, 1.54) is 32.1 Å². The number of hydrogen-bond acceptors (Lipinski definition) is 8. The normalized spacial score (nSPS) is 20.9. The Morgan fingerprint density at radius 3 is 1.71 bits per heavy atom. The van der Waals surface area contributed by atoms with Crippen molar-refractivity contribution in [2.24, 2.45) is 11.8 Å². The van der Waals surface area contributed by atoms with E-state index < -0.39 is 49.1 Å². The minimum absolute atomic E-state index is 0.0245. The molecule has 3 rings (SSSR count). The fourth-order valence-corrected chi connectivity index (χ4v) is 7.13. The van der Waals surface area contributed by atoms with E-state index in [2.05, 4.69) is 0 Å². The van der Waals surface area contributed by atoms with Crippen molar-refractivity contribution in [3.63, 3.8) is 0 Å². The van der Waals surface area contributed by atoms with Gasteiger partial charge in [-0.15, -0.1) is 0 Å². The van der Waals surface area contributed by atoms with Crippen molar-refractivity contribution >= 4 is 32.2 Å². The molecule has 1 aromatic carbocycles. The molecule has 2 fully saturated rings. The van der Waals surface area contributed by atoms with Crippen LogP contribution in [0.1, 0.15) is 115 Å². The van der Waals surface area contributed by atoms with Crippen LogP contribution in [0.5, 0.6) is 11.5 Å². The number of carbonyl (C=O) groups is 2. The van der Waals surface area contributed by atoms with Crippen LogP contribution in [0, 0.1) is 11.8 Å². The smallest absolute Gasteiger partial charge is 0.329 e.